The van der Waals surface area contributed by atoms with E-state index in [1.54, 1.807) is 18.2 Å². The minimum atomic E-state index is -1.48. The van der Waals surface area contributed by atoms with Crippen molar-refractivity contribution in [1.82, 2.24) is 0 Å². The van der Waals surface area contributed by atoms with Crippen LogP contribution in [0.5, 0.6) is 5.75 Å². The van der Waals surface area contributed by atoms with Gasteiger partial charge in [-0.3, -0.25) is 0 Å². The van der Waals surface area contributed by atoms with E-state index < -0.39 is 8.32 Å². The molecule has 2 nitrogen and oxygen atoms in total. The van der Waals surface area contributed by atoms with Crippen molar-refractivity contribution >= 4 is 8.32 Å². The fourth-order valence-electron chi connectivity index (χ4n) is 6.36. The van der Waals surface area contributed by atoms with Gasteiger partial charge in [-0.1, -0.05) is 19.9 Å². The van der Waals surface area contributed by atoms with Gasteiger partial charge in [0.25, 0.3) is 0 Å². The highest BCUT2D eigenvalue weighted by Crippen LogP contribution is 2.63. The van der Waals surface area contributed by atoms with Crippen LogP contribution >= 0.6 is 0 Å². The second-order valence-electron chi connectivity index (χ2n) is 9.12. The van der Waals surface area contributed by atoms with Crippen LogP contribution < -0.4 is 4.74 Å². The first-order chi connectivity index (χ1) is 10.8. The molecule has 0 aromatic heterocycles. The Bertz CT molecular complexity index is 641. The van der Waals surface area contributed by atoms with Gasteiger partial charge in [-0.2, -0.15) is 0 Å². The van der Waals surface area contributed by atoms with Crippen molar-refractivity contribution in [2.45, 2.75) is 70.2 Å². The van der Waals surface area contributed by atoms with Gasteiger partial charge in [0.15, 0.2) is 8.32 Å². The van der Waals surface area contributed by atoms with E-state index >= 15 is 0 Å². The minimum Gasteiger partial charge on any atom is -0.497 e. The molecule has 0 amide bonds. The molecule has 4 atom stereocenters. The lowest BCUT2D eigenvalue weighted by atomic mass is 9.49. The molecule has 0 spiro atoms. The van der Waals surface area contributed by atoms with E-state index in [-0.39, 0.29) is 5.41 Å². The summed E-state index contributed by atoms with van der Waals surface area (Å²) in [6, 6.07) is 8.08. The summed E-state index contributed by atoms with van der Waals surface area (Å²) in [4.78, 5) is 0. The minimum absolute atomic E-state index is 0.283. The molecule has 1 aromatic carbocycles. The highest BCUT2D eigenvalue weighted by Gasteiger charge is 2.61. The van der Waals surface area contributed by atoms with Crippen molar-refractivity contribution in [1.29, 1.82) is 0 Å². The molecule has 0 unspecified atom stereocenters. The summed E-state index contributed by atoms with van der Waals surface area (Å²) in [5.41, 5.74) is 3.75. The summed E-state index contributed by atoms with van der Waals surface area (Å²) >= 11 is 0. The van der Waals surface area contributed by atoms with Crippen molar-refractivity contribution in [3.63, 3.8) is 0 Å². The first-order valence-corrected chi connectivity index (χ1v) is 12.3. The molecular formula is C20H30O2Si. The number of aryl methyl sites for hydroxylation is 1. The molecule has 0 bridgehead atoms. The second kappa shape index (κ2) is 4.86. The molecule has 2 fully saturated rings. The van der Waals surface area contributed by atoms with Gasteiger partial charge >= 0.3 is 0 Å². The van der Waals surface area contributed by atoms with E-state index in [1.807, 2.05) is 0 Å². The molecule has 0 N–H and O–H groups in total. The maximum absolute atomic E-state index is 6.60. The van der Waals surface area contributed by atoms with Gasteiger partial charge in [-0.05, 0) is 84.8 Å². The Morgan fingerprint density at radius 1 is 1.22 bits per heavy atom. The monoisotopic (exact) mass is 330 g/mol. The standard InChI is InChI=1S/C20H30O2Si/c1-19-11-10-18-20(2,13-23(4,5)22-18)17(19)9-7-14-6-8-15(21-3)12-16(14)19/h6,8,12,17-18H,7,9-11,13H2,1-5H3/t17-,18+,19-,20-/m1/s1. The molecule has 2 aliphatic carbocycles. The molecule has 1 saturated heterocycles. The molecule has 1 aliphatic heterocycles. The Morgan fingerprint density at radius 3 is 2.74 bits per heavy atom. The van der Waals surface area contributed by atoms with Crippen molar-refractivity contribution in [2.24, 2.45) is 11.3 Å². The van der Waals surface area contributed by atoms with Crippen LogP contribution in [-0.4, -0.2) is 21.5 Å². The average molecular weight is 331 g/mol. The predicted octanol–water partition coefficient (Wildman–Crippen LogP) is 4.92. The van der Waals surface area contributed by atoms with Crippen LogP contribution in [0.1, 0.15) is 44.2 Å². The summed E-state index contributed by atoms with van der Waals surface area (Å²) in [5.74, 6) is 1.75. The number of methoxy groups -OCH3 is 1. The molecule has 1 aromatic rings. The van der Waals surface area contributed by atoms with Crippen molar-refractivity contribution < 1.29 is 9.16 Å². The Hall–Kier alpha value is -0.803. The highest BCUT2D eigenvalue weighted by molar-refractivity contribution is 6.72. The van der Waals surface area contributed by atoms with E-state index in [1.165, 1.54) is 31.7 Å². The van der Waals surface area contributed by atoms with Crippen LogP contribution in [0.2, 0.25) is 19.1 Å². The van der Waals surface area contributed by atoms with Crippen LogP contribution in [0, 0.1) is 11.3 Å². The van der Waals surface area contributed by atoms with Gasteiger partial charge in [0.05, 0.1) is 13.2 Å². The summed E-state index contributed by atoms with van der Waals surface area (Å²) in [6.45, 7) is 9.87. The summed E-state index contributed by atoms with van der Waals surface area (Å²) in [5, 5.41) is 0. The Kier molecular flexibility index (Phi) is 3.32. The second-order valence-corrected chi connectivity index (χ2v) is 13.2. The van der Waals surface area contributed by atoms with Gasteiger partial charge in [0.2, 0.25) is 0 Å². The van der Waals surface area contributed by atoms with Crippen LogP contribution in [0.15, 0.2) is 18.2 Å². The van der Waals surface area contributed by atoms with Gasteiger partial charge in [-0.25, -0.2) is 0 Å². The molecule has 3 aliphatic rings. The number of hydrogen-bond acceptors (Lipinski definition) is 2. The van der Waals surface area contributed by atoms with E-state index in [0.29, 0.717) is 11.5 Å². The maximum atomic E-state index is 6.60. The van der Waals surface area contributed by atoms with Gasteiger partial charge in [-0.15, -0.1) is 0 Å². The molecule has 4 rings (SSSR count). The van der Waals surface area contributed by atoms with E-state index in [0.717, 1.165) is 11.7 Å². The van der Waals surface area contributed by atoms with Crippen molar-refractivity contribution in [2.75, 3.05) is 7.11 Å². The van der Waals surface area contributed by atoms with Crippen LogP contribution in [-0.2, 0) is 16.3 Å². The number of rotatable bonds is 1. The average Bonchev–Trinajstić information content (AvgIpc) is 2.75. The summed E-state index contributed by atoms with van der Waals surface area (Å²) < 4.78 is 12.1. The number of fused-ring (bicyclic) bond motifs is 5. The van der Waals surface area contributed by atoms with Gasteiger partial charge < -0.3 is 9.16 Å². The lowest BCUT2D eigenvalue weighted by molar-refractivity contribution is -0.0360. The maximum Gasteiger partial charge on any atom is 0.187 e. The Balaban J connectivity index is 1.80. The smallest absolute Gasteiger partial charge is 0.187 e. The predicted molar refractivity (Wildman–Crippen MR) is 96.7 cm³/mol. The van der Waals surface area contributed by atoms with Gasteiger partial charge in [0.1, 0.15) is 5.75 Å². The molecule has 3 heteroatoms. The summed E-state index contributed by atoms with van der Waals surface area (Å²) in [6.07, 6.45) is 5.49. The van der Waals surface area contributed by atoms with Crippen LogP contribution in [0.25, 0.3) is 0 Å². The third-order valence-corrected chi connectivity index (χ3v) is 9.66. The van der Waals surface area contributed by atoms with E-state index in [9.17, 15) is 0 Å². The Labute approximate surface area is 141 Å². The lowest BCUT2D eigenvalue weighted by Gasteiger charge is -2.56. The fourth-order valence-corrected chi connectivity index (χ4v) is 9.91. The summed E-state index contributed by atoms with van der Waals surface area (Å²) in [7, 11) is 0.295. The lowest BCUT2D eigenvalue weighted by Crippen LogP contribution is -2.53. The van der Waals surface area contributed by atoms with Crippen LogP contribution in [0.4, 0.5) is 0 Å². The number of benzene rings is 1. The van der Waals surface area contributed by atoms with Crippen molar-refractivity contribution in [3.8, 4) is 5.75 Å². The first-order valence-electron chi connectivity index (χ1n) is 9.14. The zero-order chi connectivity index (χ0) is 16.5. The zero-order valence-corrected chi connectivity index (χ0v) is 16.2. The molecule has 1 saturated carbocycles. The fraction of sp³-hybridized carbons (Fsp3) is 0.700. The topological polar surface area (TPSA) is 18.5 Å². The highest BCUT2D eigenvalue weighted by atomic mass is 28.4. The zero-order valence-electron chi connectivity index (χ0n) is 15.2. The van der Waals surface area contributed by atoms with Gasteiger partial charge in [0, 0.05) is 0 Å². The first kappa shape index (κ1) is 15.7. The molecule has 1 heterocycles. The van der Waals surface area contributed by atoms with E-state index in [4.69, 9.17) is 9.16 Å². The third-order valence-electron chi connectivity index (χ3n) is 7.13. The SMILES string of the molecule is COc1ccc2c(c1)[C@@]1(C)CC[C@@H]3O[Si](C)(C)C[C@]3(C)[C@@H]1CC2. The van der Waals surface area contributed by atoms with Crippen LogP contribution in [0.3, 0.4) is 0 Å². The number of hydrogen-bond donors (Lipinski definition) is 0. The largest absolute Gasteiger partial charge is 0.497 e. The molecular weight excluding hydrogens is 300 g/mol. The number of ether oxygens (including phenoxy) is 1. The third kappa shape index (κ3) is 2.16. The van der Waals surface area contributed by atoms with E-state index in [2.05, 4.69) is 45.1 Å². The molecule has 126 valence electrons. The molecule has 0 radical (unpaired) electrons. The molecule has 23 heavy (non-hydrogen) atoms. The quantitative estimate of drug-likeness (QED) is 0.681. The van der Waals surface area contributed by atoms with Crippen molar-refractivity contribution in [3.05, 3.63) is 29.3 Å². The Morgan fingerprint density at radius 2 is 2.00 bits per heavy atom. The normalized spacial score (nSPS) is 40.9.